The van der Waals surface area contributed by atoms with Gasteiger partial charge in [0, 0.05) is 17.1 Å². The molecule has 0 aliphatic carbocycles. The summed E-state index contributed by atoms with van der Waals surface area (Å²) in [6.45, 7) is 0. The van der Waals surface area contributed by atoms with E-state index >= 15 is 0 Å². The third-order valence-corrected chi connectivity index (χ3v) is 2.55. The lowest BCUT2D eigenvalue weighted by Crippen LogP contribution is -2.14. The summed E-state index contributed by atoms with van der Waals surface area (Å²) in [4.78, 5) is 3.02. The molecule has 1 aromatic heterocycles. The number of halogens is 6. The van der Waals surface area contributed by atoms with E-state index in [4.69, 9.17) is 5.26 Å². The van der Waals surface area contributed by atoms with Gasteiger partial charge in [-0.2, -0.15) is 18.4 Å². The number of nitriles is 1. The minimum absolute atomic E-state index is 0.105. The highest BCUT2D eigenvalue weighted by Crippen LogP contribution is 2.36. The molecule has 0 aromatic carbocycles. The first-order valence-electron chi connectivity index (χ1n) is 4.16. The number of hydrogen-bond acceptors (Lipinski definition) is 2. The van der Waals surface area contributed by atoms with Gasteiger partial charge in [0.05, 0.1) is 5.56 Å². The summed E-state index contributed by atoms with van der Waals surface area (Å²) in [6.07, 6.45) is -7.40. The molecule has 0 radical (unpaired) electrons. The Morgan fingerprint density at radius 2 is 2.00 bits per heavy atom. The summed E-state index contributed by atoms with van der Waals surface area (Å²) in [5, 5.41) is 8.49. The maximum absolute atomic E-state index is 12.7. The van der Waals surface area contributed by atoms with Crippen LogP contribution in [0.1, 0.15) is 28.8 Å². The summed E-state index contributed by atoms with van der Waals surface area (Å²) >= 11 is 2.85. The van der Waals surface area contributed by atoms with Crippen LogP contribution < -0.4 is 0 Å². The molecule has 0 unspecified atom stereocenters. The average Bonchev–Trinajstić information content (AvgIpc) is 2.25. The zero-order chi connectivity index (χ0) is 13.2. The van der Waals surface area contributed by atoms with Crippen LogP contribution in [0.4, 0.5) is 22.0 Å². The Morgan fingerprint density at radius 1 is 1.41 bits per heavy atom. The zero-order valence-electron chi connectivity index (χ0n) is 8.02. The van der Waals surface area contributed by atoms with Gasteiger partial charge in [0.15, 0.2) is 5.69 Å². The van der Waals surface area contributed by atoms with E-state index in [0.29, 0.717) is 6.20 Å². The number of pyridine rings is 1. The van der Waals surface area contributed by atoms with Crippen LogP contribution in [0.15, 0.2) is 6.20 Å². The predicted molar refractivity (Wildman–Crippen MR) is 51.5 cm³/mol. The molecule has 0 bridgehead atoms. The van der Waals surface area contributed by atoms with E-state index in [9.17, 15) is 22.0 Å². The van der Waals surface area contributed by atoms with Crippen molar-refractivity contribution in [3.05, 3.63) is 28.6 Å². The van der Waals surface area contributed by atoms with Crippen LogP contribution in [0, 0.1) is 11.3 Å². The van der Waals surface area contributed by atoms with Crippen molar-refractivity contribution in [2.75, 3.05) is 0 Å². The summed E-state index contributed by atoms with van der Waals surface area (Å²) in [5.41, 5.74) is -3.76. The number of hydrogen-bond donors (Lipinski definition) is 0. The maximum Gasteiger partial charge on any atom is 0.434 e. The van der Waals surface area contributed by atoms with E-state index in [1.807, 2.05) is 0 Å². The van der Waals surface area contributed by atoms with Crippen LogP contribution in [-0.4, -0.2) is 4.98 Å². The molecule has 0 aliphatic heterocycles. The highest BCUT2D eigenvalue weighted by atomic mass is 79.9. The monoisotopic (exact) mass is 314 g/mol. The molecule has 17 heavy (non-hydrogen) atoms. The van der Waals surface area contributed by atoms with Crippen LogP contribution in [0.25, 0.3) is 0 Å². The summed E-state index contributed by atoms with van der Waals surface area (Å²) in [7, 11) is 0. The molecule has 0 aliphatic rings. The minimum atomic E-state index is -4.93. The Hall–Kier alpha value is -1.23. The standard InChI is InChI=1S/C9H4BrF5N2/c10-1-4-3-17-7(9(13,14)15)5(2-16)6(4)8(11)12/h3,8H,1H2. The van der Waals surface area contributed by atoms with Crippen molar-refractivity contribution in [3.63, 3.8) is 0 Å². The van der Waals surface area contributed by atoms with Gasteiger partial charge in [-0.3, -0.25) is 4.98 Å². The van der Waals surface area contributed by atoms with E-state index in [1.54, 1.807) is 0 Å². The number of rotatable bonds is 2. The van der Waals surface area contributed by atoms with Crippen LogP contribution in [0.5, 0.6) is 0 Å². The molecule has 0 saturated carbocycles. The second kappa shape index (κ2) is 4.96. The highest BCUT2D eigenvalue weighted by Gasteiger charge is 2.38. The van der Waals surface area contributed by atoms with Crippen molar-refractivity contribution in [1.29, 1.82) is 5.26 Å². The Morgan fingerprint density at radius 3 is 2.35 bits per heavy atom. The van der Waals surface area contributed by atoms with Gasteiger partial charge in [0.2, 0.25) is 0 Å². The van der Waals surface area contributed by atoms with Gasteiger partial charge in [-0.25, -0.2) is 8.78 Å². The number of nitrogens with zero attached hydrogens (tertiary/aromatic N) is 2. The summed E-state index contributed by atoms with van der Waals surface area (Å²) < 4.78 is 62.7. The first kappa shape index (κ1) is 13.8. The smallest absolute Gasteiger partial charge is 0.250 e. The molecular weight excluding hydrogens is 311 g/mol. The lowest BCUT2D eigenvalue weighted by molar-refractivity contribution is -0.141. The molecule has 0 amide bonds. The Balaban J connectivity index is 3.60. The van der Waals surface area contributed by atoms with Gasteiger partial charge >= 0.3 is 6.18 Å². The summed E-state index contributed by atoms with van der Waals surface area (Å²) in [6, 6.07) is 1.14. The third-order valence-electron chi connectivity index (χ3n) is 1.94. The van der Waals surface area contributed by atoms with Crippen molar-refractivity contribution in [2.24, 2.45) is 0 Å². The van der Waals surface area contributed by atoms with Crippen molar-refractivity contribution in [2.45, 2.75) is 17.9 Å². The summed E-state index contributed by atoms with van der Waals surface area (Å²) in [5.74, 6) is 0. The highest BCUT2D eigenvalue weighted by molar-refractivity contribution is 9.08. The SMILES string of the molecule is N#Cc1c(C(F)(F)F)ncc(CBr)c1C(F)F. The topological polar surface area (TPSA) is 36.7 Å². The third kappa shape index (κ3) is 2.72. The molecule has 92 valence electrons. The van der Waals surface area contributed by atoms with Crippen LogP contribution in [0.2, 0.25) is 0 Å². The van der Waals surface area contributed by atoms with Gasteiger partial charge in [-0.15, -0.1) is 0 Å². The van der Waals surface area contributed by atoms with E-state index in [2.05, 4.69) is 20.9 Å². The molecule has 0 N–H and O–H groups in total. The molecule has 1 aromatic rings. The van der Waals surface area contributed by atoms with Gasteiger partial charge in [0.25, 0.3) is 6.43 Å². The molecule has 0 spiro atoms. The average molecular weight is 315 g/mol. The van der Waals surface area contributed by atoms with Crippen molar-refractivity contribution in [3.8, 4) is 6.07 Å². The van der Waals surface area contributed by atoms with Crippen LogP contribution >= 0.6 is 15.9 Å². The Kier molecular flexibility index (Phi) is 4.03. The minimum Gasteiger partial charge on any atom is -0.250 e. The van der Waals surface area contributed by atoms with Crippen LogP contribution in [0.3, 0.4) is 0 Å². The second-order valence-corrected chi connectivity index (χ2v) is 3.53. The first-order valence-corrected chi connectivity index (χ1v) is 5.28. The Labute approximate surface area is 101 Å². The number of aromatic nitrogens is 1. The van der Waals surface area contributed by atoms with Crippen molar-refractivity contribution < 1.29 is 22.0 Å². The van der Waals surface area contributed by atoms with E-state index in [-0.39, 0.29) is 10.9 Å². The second-order valence-electron chi connectivity index (χ2n) is 2.96. The lowest BCUT2D eigenvalue weighted by Gasteiger charge is -2.13. The van der Waals surface area contributed by atoms with E-state index in [0.717, 1.165) is 6.07 Å². The van der Waals surface area contributed by atoms with Gasteiger partial charge in [-0.05, 0) is 5.56 Å². The largest absolute Gasteiger partial charge is 0.434 e. The fraction of sp³-hybridized carbons (Fsp3) is 0.333. The lowest BCUT2D eigenvalue weighted by atomic mass is 10.0. The molecule has 8 heteroatoms. The molecule has 1 heterocycles. The van der Waals surface area contributed by atoms with Gasteiger partial charge < -0.3 is 0 Å². The van der Waals surface area contributed by atoms with Crippen molar-refractivity contribution >= 4 is 15.9 Å². The molecule has 0 saturated heterocycles. The predicted octanol–water partition coefficient (Wildman–Crippen LogP) is 3.80. The van der Waals surface area contributed by atoms with Gasteiger partial charge in [-0.1, -0.05) is 15.9 Å². The molecule has 2 nitrogen and oxygen atoms in total. The maximum atomic E-state index is 12.7. The fourth-order valence-electron chi connectivity index (χ4n) is 1.25. The van der Waals surface area contributed by atoms with E-state index < -0.39 is 29.4 Å². The number of alkyl halides is 6. The Bertz CT molecular complexity index is 464. The van der Waals surface area contributed by atoms with Crippen molar-refractivity contribution in [1.82, 2.24) is 4.98 Å². The molecule has 0 atom stereocenters. The van der Waals surface area contributed by atoms with Gasteiger partial charge in [0.1, 0.15) is 6.07 Å². The molecule has 0 fully saturated rings. The molecule has 1 rings (SSSR count). The van der Waals surface area contributed by atoms with E-state index in [1.165, 1.54) is 0 Å². The zero-order valence-corrected chi connectivity index (χ0v) is 9.61. The first-order chi connectivity index (χ1) is 7.82. The van der Waals surface area contributed by atoms with Crippen LogP contribution in [-0.2, 0) is 11.5 Å². The molecular formula is C9H4BrF5N2. The normalized spacial score (nSPS) is 11.6. The fourth-order valence-corrected chi connectivity index (χ4v) is 1.70. The quantitative estimate of drug-likeness (QED) is 0.615.